The maximum atomic E-state index is 12.0. The first kappa shape index (κ1) is 15.9. The van der Waals surface area contributed by atoms with Gasteiger partial charge in [-0.05, 0) is 0 Å². The van der Waals surface area contributed by atoms with E-state index in [1.54, 1.807) is 30.4 Å². The highest BCUT2D eigenvalue weighted by molar-refractivity contribution is 8.00. The van der Waals surface area contributed by atoms with Crippen LogP contribution in [0.15, 0.2) is 4.79 Å². The lowest BCUT2D eigenvalue weighted by molar-refractivity contribution is 0.0410. The van der Waals surface area contributed by atoms with Crippen LogP contribution in [0, 0.1) is 4.64 Å². The highest BCUT2D eigenvalue weighted by atomic mass is 32.2. The Bertz CT molecular complexity index is 666. The van der Waals surface area contributed by atoms with Crippen molar-refractivity contribution in [3.8, 4) is 0 Å². The molecule has 0 amide bonds. The number of ether oxygens (including phenoxy) is 1. The van der Waals surface area contributed by atoms with Crippen LogP contribution in [0.4, 0.5) is 11.5 Å². The molecule has 0 bridgehead atoms. The number of morpholine rings is 1. The van der Waals surface area contributed by atoms with E-state index in [2.05, 4.69) is 15.5 Å². The fourth-order valence-corrected chi connectivity index (χ4v) is 3.87. The molecular weight excluding hydrogens is 322 g/mol. The highest BCUT2D eigenvalue weighted by Gasteiger charge is 2.25. The molecule has 1 atom stereocenters. The normalized spacial score (nSPS) is 21.3. The van der Waals surface area contributed by atoms with Gasteiger partial charge in [0.05, 0.1) is 13.2 Å². The molecule has 1 aromatic rings. The second kappa shape index (κ2) is 6.61. The Kier molecular flexibility index (Phi) is 4.76. The highest BCUT2D eigenvalue weighted by Crippen LogP contribution is 2.31. The molecule has 7 nitrogen and oxygen atoms in total. The van der Waals surface area contributed by atoms with Crippen molar-refractivity contribution in [3.63, 3.8) is 0 Å². The van der Waals surface area contributed by atoms with Crippen LogP contribution in [-0.4, -0.2) is 58.1 Å². The smallest absolute Gasteiger partial charge is 0.330 e. The molecule has 2 N–H and O–H groups in total. The molecular formula is C13H21N5O2S2. The maximum Gasteiger partial charge on any atom is 0.330 e. The van der Waals surface area contributed by atoms with E-state index < -0.39 is 0 Å². The fourth-order valence-electron chi connectivity index (χ4n) is 2.64. The molecule has 0 aliphatic carbocycles. The minimum absolute atomic E-state index is 0.0470. The summed E-state index contributed by atoms with van der Waals surface area (Å²) >= 11 is 7.14. The lowest BCUT2D eigenvalue weighted by atomic mass is 10.4. The minimum atomic E-state index is -0.114. The maximum absolute atomic E-state index is 12.0. The van der Waals surface area contributed by atoms with E-state index in [4.69, 9.17) is 17.0 Å². The summed E-state index contributed by atoms with van der Waals surface area (Å²) in [6.07, 6.45) is 0. The van der Waals surface area contributed by atoms with Gasteiger partial charge in [0.25, 0.3) is 0 Å². The molecule has 0 unspecified atom stereocenters. The SMILES string of the molecule is Cn1c2c(c(=S)n(C)c1=O)N[C@H](SCCN1CCOCC1)N2. The number of hydrogen-bond donors (Lipinski definition) is 2. The van der Waals surface area contributed by atoms with Crippen LogP contribution in [0.25, 0.3) is 0 Å². The van der Waals surface area contributed by atoms with Gasteiger partial charge >= 0.3 is 5.69 Å². The van der Waals surface area contributed by atoms with Gasteiger partial charge in [0, 0.05) is 39.5 Å². The van der Waals surface area contributed by atoms with Crippen LogP contribution in [0.1, 0.15) is 0 Å². The zero-order valence-electron chi connectivity index (χ0n) is 12.8. The Morgan fingerprint density at radius 1 is 1.27 bits per heavy atom. The first-order chi connectivity index (χ1) is 10.6. The van der Waals surface area contributed by atoms with E-state index in [0.717, 1.165) is 50.1 Å². The molecule has 3 rings (SSSR count). The predicted molar refractivity (Wildman–Crippen MR) is 92.2 cm³/mol. The summed E-state index contributed by atoms with van der Waals surface area (Å²) in [4.78, 5) is 14.5. The molecule has 2 aliphatic rings. The molecule has 0 radical (unpaired) electrons. The third-order valence-corrected chi connectivity index (χ3v) is 5.47. The molecule has 1 fully saturated rings. The van der Waals surface area contributed by atoms with Crippen LogP contribution in [0.5, 0.6) is 0 Å². The molecule has 122 valence electrons. The minimum Gasteiger partial charge on any atom is -0.379 e. The van der Waals surface area contributed by atoms with Crippen LogP contribution in [0.2, 0.25) is 0 Å². The summed E-state index contributed by atoms with van der Waals surface area (Å²) in [6.45, 7) is 4.71. The Morgan fingerprint density at radius 3 is 2.73 bits per heavy atom. The van der Waals surface area contributed by atoms with Crippen molar-refractivity contribution in [1.82, 2.24) is 14.0 Å². The van der Waals surface area contributed by atoms with E-state index in [1.807, 2.05) is 0 Å². The molecule has 2 aliphatic heterocycles. The Labute approximate surface area is 138 Å². The van der Waals surface area contributed by atoms with Crippen LogP contribution in [-0.2, 0) is 18.8 Å². The molecule has 22 heavy (non-hydrogen) atoms. The average molecular weight is 343 g/mol. The number of hydrogen-bond acceptors (Lipinski definition) is 7. The van der Waals surface area contributed by atoms with E-state index >= 15 is 0 Å². The van der Waals surface area contributed by atoms with Crippen LogP contribution < -0.4 is 16.3 Å². The van der Waals surface area contributed by atoms with E-state index in [0.29, 0.717) is 4.64 Å². The number of aromatic nitrogens is 2. The monoisotopic (exact) mass is 343 g/mol. The van der Waals surface area contributed by atoms with Crippen molar-refractivity contribution >= 4 is 35.5 Å². The third kappa shape index (κ3) is 3.03. The standard InChI is InChI=1S/C13H21N5O2S2/c1-16-10-9(11(21)17(2)13(16)19)14-12(15-10)22-8-5-18-3-6-20-7-4-18/h12,14-15H,3-8H2,1-2H3/t12-/m0/s1. The van der Waals surface area contributed by atoms with Gasteiger partial charge in [-0.25, -0.2) is 4.79 Å². The van der Waals surface area contributed by atoms with Gasteiger partial charge in [-0.3, -0.25) is 14.0 Å². The van der Waals surface area contributed by atoms with Crippen LogP contribution in [0.3, 0.4) is 0 Å². The summed E-state index contributed by atoms with van der Waals surface area (Å²) in [5.74, 6) is 1.78. The molecule has 1 aromatic heterocycles. The quantitative estimate of drug-likeness (QED) is 0.778. The van der Waals surface area contributed by atoms with Crippen LogP contribution >= 0.6 is 24.0 Å². The summed E-state index contributed by atoms with van der Waals surface area (Å²) < 4.78 is 8.98. The topological polar surface area (TPSA) is 63.5 Å². The summed E-state index contributed by atoms with van der Waals surface area (Å²) in [7, 11) is 3.46. The number of fused-ring (bicyclic) bond motifs is 1. The first-order valence-electron chi connectivity index (χ1n) is 7.32. The van der Waals surface area contributed by atoms with E-state index in [-0.39, 0.29) is 11.2 Å². The van der Waals surface area contributed by atoms with Gasteiger partial charge in [-0.2, -0.15) is 0 Å². The van der Waals surface area contributed by atoms with Crippen molar-refractivity contribution < 1.29 is 4.74 Å². The van der Waals surface area contributed by atoms with E-state index in [1.165, 1.54) is 4.57 Å². The van der Waals surface area contributed by atoms with Gasteiger partial charge in [0.1, 0.15) is 21.6 Å². The molecule has 9 heteroatoms. The van der Waals surface area contributed by atoms with Gasteiger partial charge in [-0.1, -0.05) is 12.2 Å². The zero-order chi connectivity index (χ0) is 15.7. The molecule has 0 saturated carbocycles. The largest absolute Gasteiger partial charge is 0.379 e. The van der Waals surface area contributed by atoms with Gasteiger partial charge in [0.15, 0.2) is 0 Å². The molecule has 1 saturated heterocycles. The van der Waals surface area contributed by atoms with Crippen molar-refractivity contribution in [2.24, 2.45) is 14.1 Å². The van der Waals surface area contributed by atoms with Gasteiger partial charge < -0.3 is 15.4 Å². The Morgan fingerprint density at radius 2 is 2.00 bits per heavy atom. The second-order valence-electron chi connectivity index (χ2n) is 5.42. The second-order valence-corrected chi connectivity index (χ2v) is 7.02. The number of rotatable bonds is 4. The first-order valence-corrected chi connectivity index (χ1v) is 8.78. The molecule has 0 spiro atoms. The number of nitrogens with one attached hydrogen (secondary N) is 2. The van der Waals surface area contributed by atoms with E-state index in [9.17, 15) is 4.79 Å². The van der Waals surface area contributed by atoms with Gasteiger partial charge in [0.2, 0.25) is 0 Å². The lowest BCUT2D eigenvalue weighted by Gasteiger charge is -2.26. The predicted octanol–water partition coefficient (Wildman–Crippen LogP) is 0.640. The number of thioether (sulfide) groups is 1. The Balaban J connectivity index is 1.60. The molecule has 0 aromatic carbocycles. The van der Waals surface area contributed by atoms with Crippen molar-refractivity contribution in [2.75, 3.05) is 49.2 Å². The zero-order valence-corrected chi connectivity index (χ0v) is 14.4. The summed E-state index contributed by atoms with van der Waals surface area (Å²) in [5, 5.41) is 6.71. The van der Waals surface area contributed by atoms with Crippen molar-refractivity contribution in [2.45, 2.75) is 5.50 Å². The molecule has 3 heterocycles. The summed E-state index contributed by atoms with van der Waals surface area (Å²) in [6, 6.07) is 0. The number of nitrogens with zero attached hydrogens (tertiary/aromatic N) is 3. The fraction of sp³-hybridized carbons (Fsp3) is 0.692. The third-order valence-electron chi connectivity index (χ3n) is 4.00. The van der Waals surface area contributed by atoms with Crippen molar-refractivity contribution in [3.05, 3.63) is 15.1 Å². The lowest BCUT2D eigenvalue weighted by Crippen LogP contribution is -2.38. The van der Waals surface area contributed by atoms with Gasteiger partial charge in [-0.15, -0.1) is 11.8 Å². The number of anilines is 2. The Hall–Kier alpha value is -1.03. The van der Waals surface area contributed by atoms with Crippen molar-refractivity contribution in [1.29, 1.82) is 0 Å². The summed E-state index contributed by atoms with van der Waals surface area (Å²) in [5.41, 5.74) is 0.770. The average Bonchev–Trinajstić information content (AvgIpc) is 2.96.